The number of hydrogen-bond donors (Lipinski definition) is 2. The molecule has 0 spiro atoms. The second-order valence-electron chi connectivity index (χ2n) is 4.75. The van der Waals surface area contributed by atoms with Gasteiger partial charge in [0.25, 0.3) is 5.91 Å². The van der Waals surface area contributed by atoms with E-state index >= 15 is 0 Å². The third-order valence-electron chi connectivity index (χ3n) is 3.17. The fourth-order valence-electron chi connectivity index (χ4n) is 2.00. The normalized spacial score (nSPS) is 10.8. The Morgan fingerprint density at radius 1 is 1.13 bits per heavy atom. The van der Waals surface area contributed by atoms with E-state index in [0.717, 1.165) is 11.1 Å². The Morgan fingerprint density at radius 3 is 2.65 bits per heavy atom. The molecule has 0 bridgehead atoms. The van der Waals surface area contributed by atoms with Gasteiger partial charge in [-0.15, -0.1) is 0 Å². The summed E-state index contributed by atoms with van der Waals surface area (Å²) >= 11 is 6.01. The largest absolute Gasteiger partial charge is 0.289 e. The molecule has 0 aliphatic rings. The second-order valence-corrected chi connectivity index (χ2v) is 5.16. The highest BCUT2D eigenvalue weighted by Crippen LogP contribution is 2.16. The summed E-state index contributed by atoms with van der Waals surface area (Å²) in [7, 11) is 0. The molecule has 2 aromatic carbocycles. The van der Waals surface area contributed by atoms with Crippen LogP contribution in [0.1, 0.15) is 16.1 Å². The molecule has 5 nitrogen and oxygen atoms in total. The summed E-state index contributed by atoms with van der Waals surface area (Å²) in [5, 5.41) is 11.3. The Balaban J connectivity index is 1.68. The van der Waals surface area contributed by atoms with E-state index in [2.05, 4.69) is 20.7 Å². The first kappa shape index (κ1) is 15.0. The van der Waals surface area contributed by atoms with E-state index in [1.165, 1.54) is 6.21 Å². The SMILES string of the molecule is O=C(N/N=C/c1ccccc1Cl)c1cc(-c2ccccc2)n[nH]1. The molecule has 0 aliphatic carbocycles. The van der Waals surface area contributed by atoms with Gasteiger partial charge in [0, 0.05) is 16.1 Å². The maximum absolute atomic E-state index is 12.0. The molecule has 1 heterocycles. The molecule has 3 rings (SSSR count). The highest BCUT2D eigenvalue weighted by molar-refractivity contribution is 6.33. The average molecular weight is 325 g/mol. The highest BCUT2D eigenvalue weighted by Gasteiger charge is 2.10. The van der Waals surface area contributed by atoms with Crippen LogP contribution in [0.4, 0.5) is 0 Å². The van der Waals surface area contributed by atoms with E-state index in [9.17, 15) is 4.79 Å². The number of hydrogen-bond acceptors (Lipinski definition) is 3. The standard InChI is InChI=1S/C17H13ClN4O/c18-14-9-5-4-8-13(14)11-19-22-17(23)16-10-15(20-21-16)12-6-2-1-3-7-12/h1-11H,(H,20,21)(H,22,23)/b19-11+. The summed E-state index contributed by atoms with van der Waals surface area (Å²) in [6.07, 6.45) is 1.49. The van der Waals surface area contributed by atoms with Crippen molar-refractivity contribution in [1.82, 2.24) is 15.6 Å². The van der Waals surface area contributed by atoms with Crippen molar-refractivity contribution in [1.29, 1.82) is 0 Å². The summed E-state index contributed by atoms with van der Waals surface area (Å²) in [5.74, 6) is -0.372. The van der Waals surface area contributed by atoms with Crippen molar-refractivity contribution in [2.45, 2.75) is 0 Å². The van der Waals surface area contributed by atoms with Crippen molar-refractivity contribution in [3.63, 3.8) is 0 Å². The van der Waals surface area contributed by atoms with Gasteiger partial charge in [-0.2, -0.15) is 10.2 Å². The van der Waals surface area contributed by atoms with Gasteiger partial charge in [-0.1, -0.05) is 60.1 Å². The Hall–Kier alpha value is -2.92. The Kier molecular flexibility index (Phi) is 4.49. The van der Waals surface area contributed by atoms with Crippen molar-refractivity contribution in [3.05, 3.63) is 76.9 Å². The summed E-state index contributed by atoms with van der Waals surface area (Å²) < 4.78 is 0. The molecule has 114 valence electrons. The van der Waals surface area contributed by atoms with Gasteiger partial charge >= 0.3 is 0 Å². The molecule has 23 heavy (non-hydrogen) atoms. The zero-order valence-corrected chi connectivity index (χ0v) is 12.8. The number of aromatic amines is 1. The molecule has 0 aliphatic heterocycles. The molecule has 1 aromatic heterocycles. The summed E-state index contributed by atoms with van der Waals surface area (Å²) in [6.45, 7) is 0. The van der Waals surface area contributed by atoms with Crippen LogP contribution in [-0.2, 0) is 0 Å². The molecule has 6 heteroatoms. The van der Waals surface area contributed by atoms with Crippen molar-refractivity contribution in [2.24, 2.45) is 5.10 Å². The zero-order chi connectivity index (χ0) is 16.1. The molecule has 0 fully saturated rings. The van der Waals surface area contributed by atoms with E-state index in [1.54, 1.807) is 12.1 Å². The lowest BCUT2D eigenvalue weighted by Crippen LogP contribution is -2.18. The van der Waals surface area contributed by atoms with Crippen LogP contribution in [0, 0.1) is 0 Å². The van der Waals surface area contributed by atoms with Crippen LogP contribution in [0.15, 0.2) is 65.8 Å². The predicted octanol–water partition coefficient (Wildman–Crippen LogP) is 3.49. The fourth-order valence-corrected chi connectivity index (χ4v) is 2.18. The minimum atomic E-state index is -0.372. The third-order valence-corrected chi connectivity index (χ3v) is 3.51. The van der Waals surface area contributed by atoms with Crippen LogP contribution >= 0.6 is 11.6 Å². The van der Waals surface area contributed by atoms with Crippen LogP contribution < -0.4 is 5.43 Å². The van der Waals surface area contributed by atoms with Crippen LogP contribution in [0.25, 0.3) is 11.3 Å². The number of hydrazone groups is 1. The number of nitrogens with one attached hydrogen (secondary N) is 2. The smallest absolute Gasteiger partial charge is 0.272 e. The highest BCUT2D eigenvalue weighted by atomic mass is 35.5. The number of halogens is 1. The number of amides is 1. The number of nitrogens with zero attached hydrogens (tertiary/aromatic N) is 2. The summed E-state index contributed by atoms with van der Waals surface area (Å²) in [4.78, 5) is 12.0. The van der Waals surface area contributed by atoms with Crippen molar-refractivity contribution in [2.75, 3.05) is 0 Å². The van der Waals surface area contributed by atoms with Crippen LogP contribution in [0.3, 0.4) is 0 Å². The maximum atomic E-state index is 12.0. The summed E-state index contributed by atoms with van der Waals surface area (Å²) in [5.41, 5.74) is 5.13. The molecular formula is C17H13ClN4O. The molecule has 0 atom stereocenters. The van der Waals surface area contributed by atoms with E-state index in [4.69, 9.17) is 11.6 Å². The van der Waals surface area contributed by atoms with Crippen molar-refractivity contribution >= 4 is 23.7 Å². The molecule has 1 amide bonds. The fraction of sp³-hybridized carbons (Fsp3) is 0. The first-order valence-electron chi connectivity index (χ1n) is 6.93. The Labute approximate surface area is 138 Å². The van der Waals surface area contributed by atoms with E-state index in [-0.39, 0.29) is 5.91 Å². The van der Waals surface area contributed by atoms with Gasteiger partial charge in [0.1, 0.15) is 5.69 Å². The topological polar surface area (TPSA) is 70.1 Å². The second kappa shape index (κ2) is 6.89. The monoisotopic (exact) mass is 324 g/mol. The molecule has 2 N–H and O–H groups in total. The quantitative estimate of drug-likeness (QED) is 0.569. The molecule has 3 aromatic rings. The van der Waals surface area contributed by atoms with Crippen LogP contribution in [-0.4, -0.2) is 22.3 Å². The van der Waals surface area contributed by atoms with E-state index in [0.29, 0.717) is 16.4 Å². The van der Waals surface area contributed by atoms with E-state index in [1.807, 2.05) is 48.5 Å². The molecule has 0 unspecified atom stereocenters. The first-order valence-corrected chi connectivity index (χ1v) is 7.30. The molecule has 0 saturated heterocycles. The van der Waals surface area contributed by atoms with Crippen molar-refractivity contribution < 1.29 is 4.79 Å². The van der Waals surface area contributed by atoms with Gasteiger partial charge in [0.2, 0.25) is 0 Å². The maximum Gasteiger partial charge on any atom is 0.289 e. The lowest BCUT2D eigenvalue weighted by molar-refractivity contribution is 0.0950. The van der Waals surface area contributed by atoms with Crippen LogP contribution in [0.2, 0.25) is 5.02 Å². The Bertz CT molecular complexity index is 843. The first-order chi connectivity index (χ1) is 11.2. The Morgan fingerprint density at radius 2 is 1.87 bits per heavy atom. The van der Waals surface area contributed by atoms with Crippen LogP contribution in [0.5, 0.6) is 0 Å². The predicted molar refractivity (Wildman–Crippen MR) is 90.5 cm³/mol. The van der Waals surface area contributed by atoms with Gasteiger partial charge in [-0.3, -0.25) is 9.89 Å². The van der Waals surface area contributed by atoms with Gasteiger partial charge in [0.15, 0.2) is 0 Å². The third kappa shape index (κ3) is 3.64. The lowest BCUT2D eigenvalue weighted by atomic mass is 10.1. The zero-order valence-electron chi connectivity index (χ0n) is 12.0. The van der Waals surface area contributed by atoms with Gasteiger partial charge in [-0.05, 0) is 12.1 Å². The molecule has 0 saturated carbocycles. The average Bonchev–Trinajstić information content (AvgIpc) is 3.07. The lowest BCUT2D eigenvalue weighted by Gasteiger charge is -1.97. The van der Waals surface area contributed by atoms with Gasteiger partial charge in [0.05, 0.1) is 11.9 Å². The van der Waals surface area contributed by atoms with E-state index < -0.39 is 0 Å². The number of H-pyrrole nitrogens is 1. The minimum Gasteiger partial charge on any atom is -0.272 e. The molecular weight excluding hydrogens is 312 g/mol. The van der Waals surface area contributed by atoms with Gasteiger partial charge < -0.3 is 0 Å². The van der Waals surface area contributed by atoms with Crippen molar-refractivity contribution in [3.8, 4) is 11.3 Å². The number of benzene rings is 2. The molecule has 0 radical (unpaired) electrons. The van der Waals surface area contributed by atoms with Gasteiger partial charge in [-0.25, -0.2) is 5.43 Å². The number of rotatable bonds is 4. The number of aromatic nitrogens is 2. The number of carbonyl (C=O) groups is 1. The number of carbonyl (C=O) groups excluding carboxylic acids is 1. The minimum absolute atomic E-state index is 0.333. The summed E-state index contributed by atoms with van der Waals surface area (Å²) in [6, 6.07) is 18.5.